The topological polar surface area (TPSA) is 72.0 Å². The molecule has 4 nitrogen and oxygen atoms in total. The van der Waals surface area contributed by atoms with Gasteiger partial charge < -0.3 is 10.5 Å². The van der Waals surface area contributed by atoms with Crippen LogP contribution in [0.5, 0.6) is 5.88 Å². The number of aryl methyl sites for hydroxylation is 1. The summed E-state index contributed by atoms with van der Waals surface area (Å²) in [4.78, 5) is 5.15. The van der Waals surface area contributed by atoms with E-state index in [1.807, 2.05) is 6.92 Å². The Balaban J connectivity index is 2.58. The molecule has 5 heteroatoms. The molecule has 1 aromatic rings. The van der Waals surface area contributed by atoms with E-state index in [1.54, 1.807) is 0 Å². The molecule has 1 heterocycles. The summed E-state index contributed by atoms with van der Waals surface area (Å²) in [5.41, 5.74) is 5.63. The van der Waals surface area contributed by atoms with Gasteiger partial charge in [0.1, 0.15) is 0 Å². The van der Waals surface area contributed by atoms with Gasteiger partial charge in [-0.25, -0.2) is 0 Å². The zero-order valence-corrected chi connectivity index (χ0v) is 11.1. The minimum atomic E-state index is -0.00114. The molecule has 0 fully saturated rings. The second kappa shape index (κ2) is 4.82. The van der Waals surface area contributed by atoms with Gasteiger partial charge in [0, 0.05) is 0 Å². The zero-order chi connectivity index (χ0) is 12.3. The van der Waals surface area contributed by atoms with Crippen molar-refractivity contribution in [3.05, 3.63) is 9.88 Å². The summed E-state index contributed by atoms with van der Waals surface area (Å²) < 4.78 is 5.59. The van der Waals surface area contributed by atoms with Gasteiger partial charge in [0.25, 0.3) is 0 Å². The summed E-state index contributed by atoms with van der Waals surface area (Å²) in [6, 6.07) is 0. The van der Waals surface area contributed by atoms with Crippen molar-refractivity contribution in [3.63, 3.8) is 0 Å². The van der Waals surface area contributed by atoms with Crippen molar-refractivity contribution in [2.45, 2.75) is 34.1 Å². The number of ether oxygens (including phenoxy) is 1. The van der Waals surface area contributed by atoms with Crippen molar-refractivity contribution < 1.29 is 4.74 Å². The first-order valence-corrected chi connectivity index (χ1v) is 6.06. The number of thiazole rings is 1. The second-order valence-electron chi connectivity index (χ2n) is 4.95. The van der Waals surface area contributed by atoms with E-state index in [-0.39, 0.29) is 11.3 Å². The number of nitrogens with two attached hydrogens (primary N) is 1. The van der Waals surface area contributed by atoms with E-state index in [1.165, 1.54) is 11.3 Å². The number of rotatable bonds is 4. The summed E-state index contributed by atoms with van der Waals surface area (Å²) >= 11 is 1.39. The lowest BCUT2D eigenvalue weighted by Crippen LogP contribution is -2.12. The summed E-state index contributed by atoms with van der Waals surface area (Å²) in [5.74, 6) is 0.609. The van der Waals surface area contributed by atoms with Crippen LogP contribution in [0, 0.1) is 17.7 Å². The van der Waals surface area contributed by atoms with Crippen LogP contribution in [0.25, 0.3) is 0 Å². The highest BCUT2D eigenvalue weighted by molar-refractivity contribution is 7.13. The number of nitrogens with zero attached hydrogens (tertiary/aromatic N) is 1. The van der Waals surface area contributed by atoms with Gasteiger partial charge in [0.15, 0.2) is 10.8 Å². The largest absolute Gasteiger partial charge is 0.477 e. The Hall–Kier alpha value is -1.10. The fraction of sp³-hybridized carbons (Fsp3) is 0.636. The minimum absolute atomic E-state index is 0.00114. The Morgan fingerprint density at radius 1 is 1.50 bits per heavy atom. The molecule has 0 aliphatic carbocycles. The van der Waals surface area contributed by atoms with Crippen LogP contribution in [0.1, 0.15) is 37.1 Å². The first-order valence-electron chi connectivity index (χ1n) is 5.24. The minimum Gasteiger partial charge on any atom is -0.477 e. The Morgan fingerprint density at radius 3 is 2.56 bits per heavy atom. The van der Waals surface area contributed by atoms with Crippen LogP contribution in [0.4, 0.5) is 0 Å². The van der Waals surface area contributed by atoms with E-state index in [0.717, 1.165) is 11.3 Å². The van der Waals surface area contributed by atoms with Crippen LogP contribution in [-0.2, 0) is 0 Å². The van der Waals surface area contributed by atoms with Crippen LogP contribution in [-0.4, -0.2) is 17.4 Å². The SMILES string of the molecule is Cc1sc(C(=N)N)nc1OCCC(C)(C)C. The van der Waals surface area contributed by atoms with Crippen molar-refractivity contribution in [1.82, 2.24) is 4.98 Å². The van der Waals surface area contributed by atoms with Gasteiger partial charge in [-0.1, -0.05) is 20.8 Å². The maximum Gasteiger partial charge on any atom is 0.228 e. The highest BCUT2D eigenvalue weighted by Crippen LogP contribution is 2.25. The summed E-state index contributed by atoms with van der Waals surface area (Å²) in [7, 11) is 0. The monoisotopic (exact) mass is 241 g/mol. The van der Waals surface area contributed by atoms with Gasteiger partial charge in [0.05, 0.1) is 11.5 Å². The molecular formula is C11H19N3OS. The molecular weight excluding hydrogens is 222 g/mol. The molecule has 1 rings (SSSR count). The Kier molecular flexibility index (Phi) is 3.91. The molecule has 0 saturated heterocycles. The number of hydrogen-bond donors (Lipinski definition) is 2. The predicted octanol–water partition coefficient (Wildman–Crippen LogP) is 2.55. The van der Waals surface area contributed by atoms with E-state index in [2.05, 4.69) is 25.8 Å². The van der Waals surface area contributed by atoms with Crippen molar-refractivity contribution in [2.75, 3.05) is 6.61 Å². The number of amidine groups is 1. The zero-order valence-electron chi connectivity index (χ0n) is 10.3. The van der Waals surface area contributed by atoms with Gasteiger partial charge in [0.2, 0.25) is 5.88 Å². The number of nitrogens with one attached hydrogen (secondary N) is 1. The number of hydrogen-bond acceptors (Lipinski definition) is 4. The van der Waals surface area contributed by atoms with E-state index in [0.29, 0.717) is 17.5 Å². The summed E-state index contributed by atoms with van der Waals surface area (Å²) in [6.07, 6.45) is 0.972. The van der Waals surface area contributed by atoms with Crippen molar-refractivity contribution >= 4 is 17.2 Å². The molecule has 0 saturated carbocycles. The fourth-order valence-electron chi connectivity index (χ4n) is 1.09. The van der Waals surface area contributed by atoms with E-state index < -0.39 is 0 Å². The van der Waals surface area contributed by atoms with Crippen LogP contribution >= 0.6 is 11.3 Å². The number of aromatic nitrogens is 1. The third kappa shape index (κ3) is 3.81. The molecule has 0 aliphatic heterocycles. The van der Waals surface area contributed by atoms with Crippen LogP contribution < -0.4 is 10.5 Å². The van der Waals surface area contributed by atoms with E-state index in [9.17, 15) is 0 Å². The smallest absolute Gasteiger partial charge is 0.228 e. The highest BCUT2D eigenvalue weighted by Gasteiger charge is 2.13. The molecule has 0 bridgehead atoms. The van der Waals surface area contributed by atoms with Gasteiger partial charge in [-0.05, 0) is 18.8 Å². The van der Waals surface area contributed by atoms with Crippen LogP contribution in [0.15, 0.2) is 0 Å². The molecule has 0 radical (unpaired) electrons. The standard InChI is InChI=1S/C11H19N3OS/c1-7-9(14-10(16-7)8(12)13)15-6-5-11(2,3)4/h5-6H2,1-4H3,(H3,12,13). The molecule has 3 N–H and O–H groups in total. The molecule has 1 aromatic heterocycles. The maximum absolute atomic E-state index is 7.29. The van der Waals surface area contributed by atoms with Crippen LogP contribution in [0.3, 0.4) is 0 Å². The lowest BCUT2D eigenvalue weighted by Gasteiger charge is -2.17. The quantitative estimate of drug-likeness (QED) is 0.628. The van der Waals surface area contributed by atoms with Gasteiger partial charge in [-0.2, -0.15) is 4.98 Å². The number of nitrogen functional groups attached to an aromatic ring is 1. The second-order valence-corrected chi connectivity index (χ2v) is 6.16. The average Bonchev–Trinajstić information content (AvgIpc) is 2.46. The molecule has 90 valence electrons. The van der Waals surface area contributed by atoms with E-state index >= 15 is 0 Å². The molecule has 16 heavy (non-hydrogen) atoms. The van der Waals surface area contributed by atoms with Gasteiger partial charge in [-0.3, -0.25) is 5.41 Å². The summed E-state index contributed by atoms with van der Waals surface area (Å²) in [6.45, 7) is 9.09. The lowest BCUT2D eigenvalue weighted by atomic mass is 9.93. The molecule has 0 amide bonds. The van der Waals surface area contributed by atoms with Crippen molar-refractivity contribution in [3.8, 4) is 5.88 Å². The molecule has 0 aromatic carbocycles. The van der Waals surface area contributed by atoms with Gasteiger partial charge in [-0.15, -0.1) is 11.3 Å². The Labute approximate surface area is 100 Å². The predicted molar refractivity (Wildman–Crippen MR) is 67.4 cm³/mol. The third-order valence-corrected chi connectivity index (χ3v) is 3.06. The molecule has 0 atom stereocenters. The van der Waals surface area contributed by atoms with Crippen molar-refractivity contribution in [2.24, 2.45) is 11.1 Å². The maximum atomic E-state index is 7.29. The third-order valence-electron chi connectivity index (χ3n) is 2.08. The van der Waals surface area contributed by atoms with Crippen molar-refractivity contribution in [1.29, 1.82) is 5.41 Å². The Bertz CT molecular complexity index is 379. The molecule has 0 unspecified atom stereocenters. The normalized spacial score (nSPS) is 11.5. The first-order chi connectivity index (χ1) is 7.29. The lowest BCUT2D eigenvalue weighted by molar-refractivity contribution is 0.236. The highest BCUT2D eigenvalue weighted by atomic mass is 32.1. The summed E-state index contributed by atoms with van der Waals surface area (Å²) in [5, 5.41) is 7.82. The average molecular weight is 241 g/mol. The van der Waals surface area contributed by atoms with Gasteiger partial charge >= 0.3 is 0 Å². The Morgan fingerprint density at radius 2 is 2.12 bits per heavy atom. The molecule has 0 aliphatic rings. The van der Waals surface area contributed by atoms with Crippen LogP contribution in [0.2, 0.25) is 0 Å². The van der Waals surface area contributed by atoms with E-state index in [4.69, 9.17) is 15.9 Å². The molecule has 0 spiro atoms. The fourth-order valence-corrected chi connectivity index (χ4v) is 1.81. The first kappa shape index (κ1) is 13.0.